The van der Waals surface area contributed by atoms with E-state index in [1.165, 1.54) is 11.0 Å². The van der Waals surface area contributed by atoms with Gasteiger partial charge >= 0.3 is 6.03 Å². The van der Waals surface area contributed by atoms with Crippen LogP contribution in [0.25, 0.3) is 0 Å². The number of halogens is 1. The first-order valence-corrected chi connectivity index (χ1v) is 9.27. The molecule has 150 valence electrons. The van der Waals surface area contributed by atoms with Crippen molar-refractivity contribution < 1.29 is 18.4 Å². The lowest BCUT2D eigenvalue weighted by Crippen LogP contribution is -2.40. The number of benzene rings is 1. The largest absolute Gasteiger partial charge is 0.445 e. The van der Waals surface area contributed by atoms with Crippen LogP contribution in [-0.4, -0.2) is 53.9 Å². The number of carbonyl (C=O) groups excluding carboxylic acids is 2. The number of nitrogens with one attached hydrogen (secondary N) is 1. The highest BCUT2D eigenvalue weighted by molar-refractivity contribution is 5.92. The molecule has 2 heterocycles. The van der Waals surface area contributed by atoms with E-state index >= 15 is 0 Å². The number of carbonyl (C=O) groups is 2. The standard InChI is InChI=1S/C20H25FN4O3/c1-12-5-6-15(11-16(12)21)22-20(27)25-9-7-14(8-10-25)18-23-17(13(2)28-18)19(26)24(3)4/h5-6,11,14H,7-10H2,1-4H3,(H,22,27). The molecule has 7 nitrogen and oxygen atoms in total. The number of hydrogen-bond acceptors (Lipinski definition) is 4. The van der Waals surface area contributed by atoms with Crippen molar-refractivity contribution in [3.8, 4) is 0 Å². The van der Waals surface area contributed by atoms with Gasteiger partial charge in [0.25, 0.3) is 5.91 Å². The summed E-state index contributed by atoms with van der Waals surface area (Å²) in [5, 5.41) is 2.73. The lowest BCUT2D eigenvalue weighted by atomic mass is 9.97. The lowest BCUT2D eigenvalue weighted by molar-refractivity contribution is 0.0821. The van der Waals surface area contributed by atoms with Crippen molar-refractivity contribution in [2.24, 2.45) is 0 Å². The summed E-state index contributed by atoms with van der Waals surface area (Å²) in [5.41, 5.74) is 1.30. The van der Waals surface area contributed by atoms with E-state index in [1.807, 2.05) is 0 Å². The number of piperidine rings is 1. The van der Waals surface area contributed by atoms with Crippen molar-refractivity contribution in [2.75, 3.05) is 32.5 Å². The molecule has 1 aliphatic rings. The molecule has 0 spiro atoms. The molecule has 1 aromatic heterocycles. The Hall–Kier alpha value is -2.90. The Balaban J connectivity index is 1.60. The number of aromatic nitrogens is 1. The number of anilines is 1. The number of rotatable bonds is 3. The van der Waals surface area contributed by atoms with Crippen molar-refractivity contribution >= 4 is 17.6 Å². The van der Waals surface area contributed by atoms with E-state index in [1.54, 1.807) is 45.0 Å². The number of nitrogens with zero attached hydrogens (tertiary/aromatic N) is 3. The summed E-state index contributed by atoms with van der Waals surface area (Å²) in [5.74, 6) is 0.579. The van der Waals surface area contributed by atoms with Crippen LogP contribution in [0.15, 0.2) is 22.6 Å². The van der Waals surface area contributed by atoms with Crippen molar-refractivity contribution in [2.45, 2.75) is 32.6 Å². The van der Waals surface area contributed by atoms with Gasteiger partial charge in [0.05, 0.1) is 0 Å². The molecule has 0 atom stereocenters. The van der Waals surface area contributed by atoms with Gasteiger partial charge in [-0.1, -0.05) is 6.07 Å². The van der Waals surface area contributed by atoms with Gasteiger partial charge in [0, 0.05) is 38.8 Å². The summed E-state index contributed by atoms with van der Waals surface area (Å²) in [4.78, 5) is 32.1. The maximum Gasteiger partial charge on any atom is 0.321 e. The normalized spacial score (nSPS) is 14.8. The van der Waals surface area contributed by atoms with Crippen molar-refractivity contribution in [3.05, 3.63) is 46.9 Å². The van der Waals surface area contributed by atoms with Crippen LogP contribution in [0.4, 0.5) is 14.9 Å². The second kappa shape index (κ2) is 8.00. The molecule has 3 rings (SSSR count). The monoisotopic (exact) mass is 388 g/mol. The molecule has 1 N–H and O–H groups in total. The highest BCUT2D eigenvalue weighted by Crippen LogP contribution is 2.29. The quantitative estimate of drug-likeness (QED) is 0.872. The van der Waals surface area contributed by atoms with Crippen LogP contribution in [0.3, 0.4) is 0 Å². The molecule has 3 amide bonds. The minimum absolute atomic E-state index is 0.0586. The van der Waals surface area contributed by atoms with Crippen LogP contribution in [-0.2, 0) is 0 Å². The zero-order chi connectivity index (χ0) is 20.4. The average Bonchev–Trinajstić information content (AvgIpc) is 3.05. The van der Waals surface area contributed by atoms with Gasteiger partial charge in [-0.25, -0.2) is 14.2 Å². The second-order valence-corrected chi connectivity index (χ2v) is 7.31. The molecule has 0 radical (unpaired) electrons. The Kier molecular flexibility index (Phi) is 5.67. The fourth-order valence-corrected chi connectivity index (χ4v) is 3.20. The van der Waals surface area contributed by atoms with Gasteiger partial charge in [0.2, 0.25) is 0 Å². The third-order valence-electron chi connectivity index (χ3n) is 4.98. The van der Waals surface area contributed by atoms with Crippen LogP contribution < -0.4 is 5.32 Å². The van der Waals surface area contributed by atoms with Crippen LogP contribution >= 0.6 is 0 Å². The summed E-state index contributed by atoms with van der Waals surface area (Å²) in [6, 6.07) is 4.38. The molecule has 0 bridgehead atoms. The Labute approximate surface area is 163 Å². The minimum atomic E-state index is -0.348. The van der Waals surface area contributed by atoms with Gasteiger partial charge in [-0.3, -0.25) is 4.79 Å². The van der Waals surface area contributed by atoms with Gasteiger partial charge in [0.1, 0.15) is 11.6 Å². The van der Waals surface area contributed by atoms with Crippen molar-refractivity contribution in [3.63, 3.8) is 0 Å². The fraction of sp³-hybridized carbons (Fsp3) is 0.450. The molecule has 1 saturated heterocycles. The summed E-state index contributed by atoms with van der Waals surface area (Å²) in [6.07, 6.45) is 1.37. The molecule has 28 heavy (non-hydrogen) atoms. The molecule has 0 aliphatic carbocycles. The first-order valence-electron chi connectivity index (χ1n) is 9.27. The maximum atomic E-state index is 13.6. The third kappa shape index (κ3) is 4.16. The molecule has 1 fully saturated rings. The van der Waals surface area contributed by atoms with E-state index in [-0.39, 0.29) is 23.7 Å². The van der Waals surface area contributed by atoms with E-state index in [9.17, 15) is 14.0 Å². The number of hydrogen-bond donors (Lipinski definition) is 1. The first kappa shape index (κ1) is 19.9. The first-order chi connectivity index (χ1) is 13.3. The highest BCUT2D eigenvalue weighted by atomic mass is 19.1. The Bertz CT molecular complexity index is 886. The highest BCUT2D eigenvalue weighted by Gasteiger charge is 2.29. The average molecular weight is 388 g/mol. The number of amides is 3. The fourth-order valence-electron chi connectivity index (χ4n) is 3.20. The molecular formula is C20H25FN4O3. The molecule has 2 aromatic rings. The zero-order valence-corrected chi connectivity index (χ0v) is 16.6. The van der Waals surface area contributed by atoms with Crippen molar-refractivity contribution in [1.29, 1.82) is 0 Å². The Morgan fingerprint density at radius 3 is 2.54 bits per heavy atom. The van der Waals surface area contributed by atoms with Crippen LogP contribution in [0.2, 0.25) is 0 Å². The summed E-state index contributed by atoms with van der Waals surface area (Å²) in [7, 11) is 3.35. The van der Waals surface area contributed by atoms with E-state index in [4.69, 9.17) is 4.42 Å². The molecule has 1 aliphatic heterocycles. The minimum Gasteiger partial charge on any atom is -0.445 e. The van der Waals surface area contributed by atoms with Crippen molar-refractivity contribution in [1.82, 2.24) is 14.8 Å². The second-order valence-electron chi connectivity index (χ2n) is 7.31. The molecular weight excluding hydrogens is 363 g/mol. The van der Waals surface area contributed by atoms with E-state index in [0.717, 1.165) is 0 Å². The SMILES string of the molecule is Cc1ccc(NC(=O)N2CCC(c3nc(C(=O)N(C)C)c(C)o3)CC2)cc1F. The summed E-state index contributed by atoms with van der Waals surface area (Å²) >= 11 is 0. The number of urea groups is 1. The number of oxazole rings is 1. The maximum absolute atomic E-state index is 13.6. The number of aryl methyl sites for hydroxylation is 2. The molecule has 8 heteroatoms. The smallest absolute Gasteiger partial charge is 0.321 e. The van der Waals surface area contributed by atoms with E-state index < -0.39 is 0 Å². The lowest BCUT2D eigenvalue weighted by Gasteiger charge is -2.30. The van der Waals surface area contributed by atoms with Gasteiger partial charge in [-0.15, -0.1) is 0 Å². The summed E-state index contributed by atoms with van der Waals surface area (Å²) in [6.45, 7) is 4.47. The molecule has 1 aromatic carbocycles. The van der Waals surface area contributed by atoms with Gasteiger partial charge < -0.3 is 19.5 Å². The molecule has 0 saturated carbocycles. The van der Waals surface area contributed by atoms with Gasteiger partial charge in [-0.2, -0.15) is 0 Å². The summed E-state index contributed by atoms with van der Waals surface area (Å²) < 4.78 is 19.4. The van der Waals surface area contributed by atoms with E-state index in [0.29, 0.717) is 54.5 Å². The Morgan fingerprint density at radius 1 is 1.25 bits per heavy atom. The molecule has 0 unspecified atom stereocenters. The zero-order valence-electron chi connectivity index (χ0n) is 16.6. The predicted molar refractivity (Wildman–Crippen MR) is 103 cm³/mol. The van der Waals surface area contributed by atoms with Crippen LogP contribution in [0.1, 0.15) is 46.5 Å². The van der Waals surface area contributed by atoms with E-state index in [2.05, 4.69) is 10.3 Å². The van der Waals surface area contributed by atoms with Crippen LogP contribution in [0, 0.1) is 19.7 Å². The topological polar surface area (TPSA) is 78.7 Å². The van der Waals surface area contributed by atoms with Crippen LogP contribution in [0.5, 0.6) is 0 Å². The third-order valence-corrected chi connectivity index (χ3v) is 4.98. The van der Waals surface area contributed by atoms with Gasteiger partial charge in [-0.05, 0) is 44.4 Å². The van der Waals surface area contributed by atoms with Gasteiger partial charge in [0.15, 0.2) is 11.6 Å². The Morgan fingerprint density at radius 2 is 1.93 bits per heavy atom. The predicted octanol–water partition coefficient (Wildman–Crippen LogP) is 3.54. The number of likely N-dealkylation sites (tertiary alicyclic amines) is 1.